The van der Waals surface area contributed by atoms with Crippen molar-refractivity contribution < 1.29 is 19.1 Å². The average molecular weight is 338 g/mol. The van der Waals surface area contributed by atoms with E-state index in [9.17, 15) is 9.59 Å². The van der Waals surface area contributed by atoms with Gasteiger partial charge in [0.2, 0.25) is 0 Å². The Morgan fingerprint density at radius 3 is 2.68 bits per heavy atom. The van der Waals surface area contributed by atoms with E-state index in [1.165, 1.54) is 6.92 Å². The Labute approximate surface area is 147 Å². The molecule has 130 valence electrons. The van der Waals surface area contributed by atoms with Crippen molar-refractivity contribution in [3.63, 3.8) is 0 Å². The molecular weight excluding hydrogens is 316 g/mol. The van der Waals surface area contributed by atoms with E-state index in [2.05, 4.69) is 6.92 Å². The fraction of sp³-hybridized carbons (Fsp3) is 0.333. The van der Waals surface area contributed by atoms with E-state index in [1.54, 1.807) is 6.08 Å². The van der Waals surface area contributed by atoms with E-state index in [0.717, 1.165) is 5.57 Å². The molecule has 0 saturated heterocycles. The maximum Gasteiger partial charge on any atom is 0.323 e. The second kappa shape index (κ2) is 6.36. The first-order chi connectivity index (χ1) is 11.8. The van der Waals surface area contributed by atoms with Crippen LogP contribution in [-0.2, 0) is 19.1 Å². The molecule has 4 nitrogen and oxygen atoms in total. The first kappa shape index (κ1) is 17.2. The number of hydrogen-bond acceptors (Lipinski definition) is 4. The summed E-state index contributed by atoms with van der Waals surface area (Å²) in [7, 11) is 0. The van der Waals surface area contributed by atoms with Gasteiger partial charge in [-0.2, -0.15) is 0 Å². The third kappa shape index (κ3) is 3.58. The molecule has 1 aliphatic heterocycles. The van der Waals surface area contributed by atoms with Gasteiger partial charge in [0.05, 0.1) is 0 Å². The Bertz CT molecular complexity index is 800. The molecule has 0 radical (unpaired) electrons. The summed E-state index contributed by atoms with van der Waals surface area (Å²) in [6.45, 7) is 7.49. The van der Waals surface area contributed by atoms with Crippen LogP contribution < -0.4 is 0 Å². The van der Waals surface area contributed by atoms with Crippen molar-refractivity contribution in [1.29, 1.82) is 0 Å². The van der Waals surface area contributed by atoms with Crippen molar-refractivity contribution in [2.75, 3.05) is 0 Å². The Hall–Kier alpha value is -2.62. The Morgan fingerprint density at radius 2 is 1.96 bits per heavy atom. The fourth-order valence-corrected chi connectivity index (χ4v) is 3.13. The molecule has 3 aliphatic rings. The molecule has 0 amide bonds. The maximum absolute atomic E-state index is 12.6. The van der Waals surface area contributed by atoms with Crippen LogP contribution in [0.25, 0.3) is 0 Å². The number of ether oxygens (including phenoxy) is 2. The van der Waals surface area contributed by atoms with Crippen molar-refractivity contribution in [1.82, 2.24) is 0 Å². The van der Waals surface area contributed by atoms with Gasteiger partial charge < -0.3 is 9.47 Å². The summed E-state index contributed by atoms with van der Waals surface area (Å²) < 4.78 is 10.9. The van der Waals surface area contributed by atoms with Crippen molar-refractivity contribution in [2.24, 2.45) is 17.3 Å². The number of hydrogen-bond donors (Lipinski definition) is 0. The van der Waals surface area contributed by atoms with Gasteiger partial charge in [0.1, 0.15) is 17.4 Å². The summed E-state index contributed by atoms with van der Waals surface area (Å²) in [6, 6.07) is 0. The Balaban J connectivity index is 2.10. The summed E-state index contributed by atoms with van der Waals surface area (Å²) in [6.07, 6.45) is 15.4. The number of allylic oxidation sites excluding steroid dienone is 9. The predicted octanol–water partition coefficient (Wildman–Crippen LogP) is 4.15. The highest BCUT2D eigenvalue weighted by molar-refractivity contribution is 5.87. The molecule has 2 atom stereocenters. The van der Waals surface area contributed by atoms with Crippen LogP contribution in [0.4, 0.5) is 0 Å². The molecule has 25 heavy (non-hydrogen) atoms. The lowest BCUT2D eigenvalue weighted by atomic mass is 9.84. The molecule has 4 heteroatoms. The topological polar surface area (TPSA) is 52.6 Å². The van der Waals surface area contributed by atoms with E-state index in [0.29, 0.717) is 17.1 Å². The van der Waals surface area contributed by atoms with Gasteiger partial charge >= 0.3 is 11.9 Å². The van der Waals surface area contributed by atoms with Crippen molar-refractivity contribution in [2.45, 2.75) is 27.7 Å². The molecule has 0 aromatic heterocycles. The van der Waals surface area contributed by atoms with Gasteiger partial charge in [-0.1, -0.05) is 57.2 Å². The summed E-state index contributed by atoms with van der Waals surface area (Å²) in [5.74, 6) is -0.166. The van der Waals surface area contributed by atoms with Gasteiger partial charge in [-0.3, -0.25) is 9.59 Å². The number of esters is 2. The SMILES string of the molecule is CC(=O)OC1=CC=CC(C)(C)C=C1C1C(=O)OC2=C1C=CC(C)C=C2. The minimum absolute atomic E-state index is 0.259. The summed E-state index contributed by atoms with van der Waals surface area (Å²) in [4.78, 5) is 24.2. The highest BCUT2D eigenvalue weighted by atomic mass is 16.5. The van der Waals surface area contributed by atoms with Gasteiger partial charge in [-0.15, -0.1) is 0 Å². The quantitative estimate of drug-likeness (QED) is 0.710. The average Bonchev–Trinajstić information content (AvgIpc) is 2.61. The second-order valence-electron chi connectivity index (χ2n) is 7.16. The number of rotatable bonds is 2. The van der Waals surface area contributed by atoms with E-state index in [1.807, 2.05) is 56.4 Å². The van der Waals surface area contributed by atoms with Crippen LogP contribution in [0.3, 0.4) is 0 Å². The minimum atomic E-state index is -0.606. The van der Waals surface area contributed by atoms with Crippen molar-refractivity contribution >= 4 is 11.9 Å². The second-order valence-corrected chi connectivity index (χ2v) is 7.16. The van der Waals surface area contributed by atoms with Gasteiger partial charge in [-0.05, 0) is 18.1 Å². The first-order valence-electron chi connectivity index (χ1n) is 8.40. The zero-order valence-electron chi connectivity index (χ0n) is 14.9. The maximum atomic E-state index is 12.6. The zero-order chi connectivity index (χ0) is 18.2. The molecule has 0 fully saturated rings. The highest BCUT2D eigenvalue weighted by Gasteiger charge is 2.40. The smallest absolute Gasteiger partial charge is 0.323 e. The highest BCUT2D eigenvalue weighted by Crippen LogP contribution is 2.41. The molecule has 0 bridgehead atoms. The summed E-state index contributed by atoms with van der Waals surface area (Å²) >= 11 is 0. The largest absolute Gasteiger partial charge is 0.426 e. The zero-order valence-corrected chi connectivity index (χ0v) is 14.9. The van der Waals surface area contributed by atoms with E-state index in [4.69, 9.17) is 9.47 Å². The third-order valence-electron chi connectivity index (χ3n) is 4.32. The lowest BCUT2D eigenvalue weighted by Gasteiger charge is -2.20. The first-order valence-corrected chi connectivity index (χ1v) is 8.40. The van der Waals surface area contributed by atoms with Crippen LogP contribution in [0.1, 0.15) is 27.7 Å². The molecule has 2 aliphatic carbocycles. The predicted molar refractivity (Wildman–Crippen MR) is 94.9 cm³/mol. The van der Waals surface area contributed by atoms with Crippen LogP contribution in [0.5, 0.6) is 0 Å². The molecule has 0 aromatic rings. The van der Waals surface area contributed by atoms with Crippen LogP contribution in [0.15, 0.2) is 71.3 Å². The van der Waals surface area contributed by atoms with Gasteiger partial charge in [0.25, 0.3) is 0 Å². The van der Waals surface area contributed by atoms with Crippen LogP contribution in [-0.4, -0.2) is 11.9 Å². The molecule has 0 saturated carbocycles. The van der Waals surface area contributed by atoms with Gasteiger partial charge in [0.15, 0.2) is 0 Å². The number of carbonyl (C=O) groups excluding carboxylic acids is 2. The molecule has 0 N–H and O–H groups in total. The summed E-state index contributed by atoms with van der Waals surface area (Å²) in [5.41, 5.74) is 1.18. The molecular formula is C21H22O4. The normalized spacial score (nSPS) is 27.1. The molecule has 0 aromatic carbocycles. The third-order valence-corrected chi connectivity index (χ3v) is 4.32. The monoisotopic (exact) mass is 338 g/mol. The van der Waals surface area contributed by atoms with Crippen LogP contribution in [0.2, 0.25) is 0 Å². The lowest BCUT2D eigenvalue weighted by molar-refractivity contribution is -0.140. The Kier molecular flexibility index (Phi) is 4.38. The summed E-state index contributed by atoms with van der Waals surface area (Å²) in [5, 5.41) is 0. The standard InChI is InChI=1S/C21H22O4/c1-13-7-9-15-18(10-8-13)25-20(23)19(15)16-12-21(3,4)11-5-6-17(16)24-14(2)22/h5-13,19H,1-4H3. The number of carbonyl (C=O) groups is 2. The van der Waals surface area contributed by atoms with E-state index < -0.39 is 11.9 Å². The van der Waals surface area contributed by atoms with E-state index >= 15 is 0 Å². The fourth-order valence-electron chi connectivity index (χ4n) is 3.13. The van der Waals surface area contributed by atoms with E-state index in [-0.39, 0.29) is 17.3 Å². The molecule has 0 spiro atoms. The van der Waals surface area contributed by atoms with Gasteiger partial charge in [0, 0.05) is 23.5 Å². The molecule has 3 rings (SSSR count). The van der Waals surface area contributed by atoms with Crippen LogP contribution in [0, 0.1) is 17.3 Å². The molecule has 1 heterocycles. The minimum Gasteiger partial charge on any atom is -0.426 e. The van der Waals surface area contributed by atoms with Crippen molar-refractivity contribution in [3.8, 4) is 0 Å². The van der Waals surface area contributed by atoms with Crippen LogP contribution >= 0.6 is 0 Å². The lowest BCUT2D eigenvalue weighted by Crippen LogP contribution is -2.19. The Morgan fingerprint density at radius 1 is 1.24 bits per heavy atom. The van der Waals surface area contributed by atoms with Gasteiger partial charge in [-0.25, -0.2) is 0 Å². The van der Waals surface area contributed by atoms with Crippen molar-refractivity contribution in [3.05, 3.63) is 71.3 Å². The molecule has 2 unspecified atom stereocenters.